The molecule has 1 aromatic heterocycles. The number of nitrogens with one attached hydrogen (secondary N) is 1. The van der Waals surface area contributed by atoms with Gasteiger partial charge in [-0.25, -0.2) is 4.98 Å². The van der Waals surface area contributed by atoms with Crippen molar-refractivity contribution in [3.63, 3.8) is 0 Å². The number of imidazole rings is 1. The number of hydrogen-bond donors (Lipinski definition) is 1. The van der Waals surface area contributed by atoms with Crippen LogP contribution in [0.4, 0.5) is 0 Å². The molecule has 0 saturated carbocycles. The number of para-hydroxylation sites is 1. The zero-order chi connectivity index (χ0) is 10.4. The molecular weight excluding hydrogens is 185 g/mol. The third-order valence-corrected chi connectivity index (χ3v) is 2.80. The fourth-order valence-corrected chi connectivity index (χ4v) is 2.09. The van der Waals surface area contributed by atoms with Gasteiger partial charge in [-0.15, -0.1) is 0 Å². The van der Waals surface area contributed by atoms with Crippen LogP contribution in [0.25, 0.3) is 16.7 Å². The molecule has 1 N–H and O–H groups in total. The van der Waals surface area contributed by atoms with Crippen molar-refractivity contribution in [1.29, 1.82) is 0 Å². The Morgan fingerprint density at radius 1 is 1.47 bits per heavy atom. The third-order valence-electron chi connectivity index (χ3n) is 2.80. The molecule has 2 aromatic rings. The van der Waals surface area contributed by atoms with Gasteiger partial charge in [-0.3, -0.25) is 0 Å². The zero-order valence-corrected chi connectivity index (χ0v) is 8.33. The molecule has 0 saturated heterocycles. The van der Waals surface area contributed by atoms with Gasteiger partial charge in [0, 0.05) is 24.4 Å². The fourth-order valence-electron chi connectivity index (χ4n) is 2.09. The van der Waals surface area contributed by atoms with Gasteiger partial charge in [0.05, 0.1) is 16.8 Å². The number of benzene rings is 1. The quantitative estimate of drug-likeness (QED) is 0.616. The summed E-state index contributed by atoms with van der Waals surface area (Å²) in [4.78, 5) is 4.33. The highest BCUT2D eigenvalue weighted by Gasteiger charge is 2.15. The standard InChI is InChI=1S/C11H10BN3/c1-7-8-3-2-4-9-10(8)15(6-5-13-7)11(12)14-9/h2-4,13H,1,5-6H2. The lowest BCUT2D eigenvalue weighted by molar-refractivity contribution is 0.709. The van der Waals surface area contributed by atoms with E-state index in [-0.39, 0.29) is 0 Å². The summed E-state index contributed by atoms with van der Waals surface area (Å²) in [6.45, 7) is 5.68. The van der Waals surface area contributed by atoms with Crippen molar-refractivity contribution in [1.82, 2.24) is 14.9 Å². The maximum Gasteiger partial charge on any atom is 0.167 e. The van der Waals surface area contributed by atoms with Crippen molar-refractivity contribution in [3.8, 4) is 0 Å². The summed E-state index contributed by atoms with van der Waals surface area (Å²) in [6, 6.07) is 6.00. The van der Waals surface area contributed by atoms with Crippen molar-refractivity contribution in [2.24, 2.45) is 0 Å². The van der Waals surface area contributed by atoms with Gasteiger partial charge in [0.2, 0.25) is 0 Å². The Morgan fingerprint density at radius 2 is 2.33 bits per heavy atom. The first-order valence-electron chi connectivity index (χ1n) is 4.95. The molecule has 0 bridgehead atoms. The van der Waals surface area contributed by atoms with Crippen molar-refractivity contribution >= 4 is 30.3 Å². The van der Waals surface area contributed by atoms with Gasteiger partial charge < -0.3 is 9.88 Å². The first kappa shape index (κ1) is 8.59. The second kappa shape index (κ2) is 2.89. The van der Waals surface area contributed by atoms with Crippen LogP contribution in [-0.2, 0) is 6.54 Å². The van der Waals surface area contributed by atoms with Gasteiger partial charge in [-0.2, -0.15) is 0 Å². The molecule has 2 heterocycles. The van der Waals surface area contributed by atoms with Crippen LogP contribution in [0.15, 0.2) is 24.8 Å². The van der Waals surface area contributed by atoms with E-state index in [1.807, 2.05) is 22.8 Å². The minimum absolute atomic E-state index is 0.578. The van der Waals surface area contributed by atoms with Gasteiger partial charge in [0.15, 0.2) is 7.85 Å². The maximum atomic E-state index is 5.88. The second-order valence-corrected chi connectivity index (χ2v) is 3.70. The molecule has 0 atom stereocenters. The average Bonchev–Trinajstić information content (AvgIpc) is 2.43. The summed E-state index contributed by atoms with van der Waals surface area (Å²) in [5.41, 5.74) is 4.64. The van der Waals surface area contributed by atoms with Gasteiger partial charge in [-0.1, -0.05) is 18.7 Å². The molecule has 3 nitrogen and oxygen atoms in total. The summed E-state index contributed by atoms with van der Waals surface area (Å²) in [5, 5.41) is 3.27. The first-order chi connectivity index (χ1) is 7.27. The Balaban J connectivity index is 2.47. The normalized spacial score (nSPS) is 15.1. The Labute approximate surface area is 89.2 Å². The molecule has 0 aliphatic carbocycles. The summed E-state index contributed by atoms with van der Waals surface area (Å²) in [6.07, 6.45) is 0. The molecule has 1 aliphatic heterocycles. The summed E-state index contributed by atoms with van der Waals surface area (Å²) < 4.78 is 2.04. The van der Waals surface area contributed by atoms with Crippen LogP contribution in [0.3, 0.4) is 0 Å². The second-order valence-electron chi connectivity index (χ2n) is 3.70. The number of aromatic nitrogens is 2. The van der Waals surface area contributed by atoms with Crippen LogP contribution in [0.2, 0.25) is 0 Å². The molecule has 15 heavy (non-hydrogen) atoms. The highest BCUT2D eigenvalue weighted by Crippen LogP contribution is 2.23. The molecule has 3 rings (SSSR count). The third kappa shape index (κ3) is 1.11. The van der Waals surface area contributed by atoms with E-state index >= 15 is 0 Å². The highest BCUT2D eigenvalue weighted by molar-refractivity contribution is 6.30. The van der Waals surface area contributed by atoms with Gasteiger partial charge in [-0.05, 0) is 6.07 Å². The Bertz CT molecular complexity index is 556. The molecule has 72 valence electrons. The molecule has 1 aromatic carbocycles. The topological polar surface area (TPSA) is 29.9 Å². The zero-order valence-electron chi connectivity index (χ0n) is 8.33. The predicted molar refractivity (Wildman–Crippen MR) is 62.2 cm³/mol. The predicted octanol–water partition coefficient (Wildman–Crippen LogP) is 0.404. The van der Waals surface area contributed by atoms with E-state index in [0.29, 0.717) is 5.72 Å². The molecule has 0 fully saturated rings. The van der Waals surface area contributed by atoms with Crippen molar-refractivity contribution < 1.29 is 0 Å². The molecule has 2 radical (unpaired) electrons. The lowest BCUT2D eigenvalue weighted by atomic mass is 10.1. The van der Waals surface area contributed by atoms with Crippen LogP contribution < -0.4 is 11.0 Å². The number of rotatable bonds is 0. The van der Waals surface area contributed by atoms with E-state index in [1.165, 1.54) is 0 Å². The first-order valence-corrected chi connectivity index (χ1v) is 4.95. The van der Waals surface area contributed by atoms with Crippen LogP contribution in [0.1, 0.15) is 5.56 Å². The van der Waals surface area contributed by atoms with Crippen molar-refractivity contribution in [2.45, 2.75) is 6.54 Å². The van der Waals surface area contributed by atoms with Crippen LogP contribution in [0, 0.1) is 0 Å². The molecule has 1 aliphatic rings. The number of nitrogens with zero attached hydrogens (tertiary/aromatic N) is 2. The minimum Gasteiger partial charge on any atom is -0.383 e. The Morgan fingerprint density at radius 3 is 3.20 bits per heavy atom. The Kier molecular flexibility index (Phi) is 1.66. The maximum absolute atomic E-state index is 5.88. The van der Waals surface area contributed by atoms with Gasteiger partial charge in [0.1, 0.15) is 0 Å². The molecule has 0 unspecified atom stereocenters. The molecule has 4 heteroatoms. The van der Waals surface area contributed by atoms with E-state index in [9.17, 15) is 0 Å². The summed E-state index contributed by atoms with van der Waals surface area (Å²) in [7, 11) is 5.88. The lowest BCUT2D eigenvalue weighted by Gasteiger charge is -2.04. The van der Waals surface area contributed by atoms with Gasteiger partial charge in [0.25, 0.3) is 0 Å². The summed E-state index contributed by atoms with van der Waals surface area (Å²) in [5.74, 6) is 0. The molecule has 0 spiro atoms. The molecular formula is C11H10BN3. The molecule has 0 amide bonds. The van der Waals surface area contributed by atoms with Gasteiger partial charge >= 0.3 is 0 Å². The van der Waals surface area contributed by atoms with E-state index in [2.05, 4.69) is 16.9 Å². The monoisotopic (exact) mass is 195 g/mol. The van der Waals surface area contributed by atoms with Crippen LogP contribution in [-0.4, -0.2) is 23.9 Å². The average molecular weight is 195 g/mol. The Hall–Kier alpha value is -1.71. The van der Waals surface area contributed by atoms with E-state index < -0.39 is 0 Å². The van der Waals surface area contributed by atoms with Crippen LogP contribution in [0.5, 0.6) is 0 Å². The lowest BCUT2D eigenvalue weighted by Crippen LogP contribution is -2.23. The van der Waals surface area contributed by atoms with Crippen molar-refractivity contribution in [2.75, 3.05) is 6.54 Å². The van der Waals surface area contributed by atoms with Crippen molar-refractivity contribution in [3.05, 3.63) is 30.3 Å². The fraction of sp³-hybridized carbons (Fsp3) is 0.182. The summed E-state index contributed by atoms with van der Waals surface area (Å²) >= 11 is 0. The largest absolute Gasteiger partial charge is 0.383 e. The van der Waals surface area contributed by atoms with E-state index in [0.717, 1.165) is 35.4 Å². The van der Waals surface area contributed by atoms with Crippen LogP contribution >= 0.6 is 0 Å². The highest BCUT2D eigenvalue weighted by atomic mass is 15.1. The van der Waals surface area contributed by atoms with E-state index in [4.69, 9.17) is 7.85 Å². The SMILES string of the molecule is [B]c1nc2cccc3c2n1CCNC3=C. The number of hydrogen-bond acceptors (Lipinski definition) is 2. The van der Waals surface area contributed by atoms with E-state index in [1.54, 1.807) is 0 Å². The minimum atomic E-state index is 0.578. The smallest absolute Gasteiger partial charge is 0.167 e.